The van der Waals surface area contributed by atoms with Gasteiger partial charge in [0.1, 0.15) is 13.2 Å². The molecule has 19 heavy (non-hydrogen) atoms. The summed E-state index contributed by atoms with van der Waals surface area (Å²) in [6, 6.07) is 13.4. The van der Waals surface area contributed by atoms with E-state index in [0.29, 0.717) is 13.2 Å². The van der Waals surface area contributed by atoms with Gasteiger partial charge >= 0.3 is 0 Å². The summed E-state index contributed by atoms with van der Waals surface area (Å²) < 4.78 is 11.1. The molecule has 0 radical (unpaired) electrons. The van der Waals surface area contributed by atoms with E-state index in [2.05, 4.69) is 0 Å². The summed E-state index contributed by atoms with van der Waals surface area (Å²) in [5.74, 6) is 1.56. The Labute approximate surface area is 111 Å². The summed E-state index contributed by atoms with van der Waals surface area (Å²) in [5, 5.41) is 0. The van der Waals surface area contributed by atoms with E-state index < -0.39 is 0 Å². The average Bonchev–Trinajstić information content (AvgIpc) is 2.46. The highest BCUT2D eigenvalue weighted by molar-refractivity contribution is 6.00. The van der Waals surface area contributed by atoms with Crippen LogP contribution in [-0.2, 0) is 0 Å². The Hall–Kier alpha value is -2.29. The van der Waals surface area contributed by atoms with Gasteiger partial charge in [-0.1, -0.05) is 30.3 Å². The Morgan fingerprint density at radius 3 is 2.53 bits per heavy atom. The molecule has 2 aromatic rings. The Morgan fingerprint density at radius 1 is 1.00 bits per heavy atom. The first-order valence-electron chi connectivity index (χ1n) is 6.26. The third-order valence-corrected chi connectivity index (χ3v) is 3.16. The van der Waals surface area contributed by atoms with Crippen molar-refractivity contribution in [2.75, 3.05) is 13.2 Å². The molecule has 3 nitrogen and oxygen atoms in total. The van der Waals surface area contributed by atoms with E-state index in [1.54, 1.807) is 6.92 Å². The number of carbonyl (C=O) groups excluding carboxylic acids is 1. The van der Waals surface area contributed by atoms with Crippen LogP contribution in [0, 0.1) is 0 Å². The molecule has 96 valence electrons. The third-order valence-electron chi connectivity index (χ3n) is 3.16. The number of ketones is 1. The van der Waals surface area contributed by atoms with Gasteiger partial charge in [0.25, 0.3) is 0 Å². The minimum absolute atomic E-state index is 0.0606. The van der Waals surface area contributed by atoms with E-state index in [-0.39, 0.29) is 5.78 Å². The lowest BCUT2D eigenvalue weighted by atomic mass is 9.97. The summed E-state index contributed by atoms with van der Waals surface area (Å²) in [6.07, 6.45) is 0. The highest BCUT2D eigenvalue weighted by Crippen LogP contribution is 2.35. The maximum absolute atomic E-state index is 11.7. The molecular weight excluding hydrogens is 240 g/mol. The molecule has 1 aliphatic heterocycles. The zero-order chi connectivity index (χ0) is 13.2. The van der Waals surface area contributed by atoms with Crippen LogP contribution in [0.25, 0.3) is 11.1 Å². The molecule has 0 unspecified atom stereocenters. The van der Waals surface area contributed by atoms with Gasteiger partial charge in [0.15, 0.2) is 17.3 Å². The second-order valence-electron chi connectivity index (χ2n) is 4.46. The van der Waals surface area contributed by atoms with Crippen LogP contribution in [0.2, 0.25) is 0 Å². The SMILES string of the molecule is CC(=O)c1ccccc1-c1ccc2c(c1)OCCO2. The average molecular weight is 254 g/mol. The lowest BCUT2D eigenvalue weighted by molar-refractivity contribution is 0.101. The monoisotopic (exact) mass is 254 g/mol. The van der Waals surface area contributed by atoms with E-state index >= 15 is 0 Å². The van der Waals surface area contributed by atoms with Crippen molar-refractivity contribution in [3.63, 3.8) is 0 Å². The van der Waals surface area contributed by atoms with Gasteiger partial charge in [-0.25, -0.2) is 0 Å². The Bertz CT molecular complexity index is 632. The maximum atomic E-state index is 11.7. The van der Waals surface area contributed by atoms with Crippen LogP contribution >= 0.6 is 0 Å². The highest BCUT2D eigenvalue weighted by Gasteiger charge is 2.14. The zero-order valence-corrected chi connectivity index (χ0v) is 10.7. The number of rotatable bonds is 2. The quantitative estimate of drug-likeness (QED) is 0.771. The van der Waals surface area contributed by atoms with Gasteiger partial charge in [-0.2, -0.15) is 0 Å². The Kier molecular flexibility index (Phi) is 2.95. The molecule has 0 atom stereocenters. The number of benzene rings is 2. The van der Waals surface area contributed by atoms with Crippen molar-refractivity contribution in [1.29, 1.82) is 0 Å². The van der Waals surface area contributed by atoms with Crippen molar-refractivity contribution in [1.82, 2.24) is 0 Å². The van der Waals surface area contributed by atoms with Crippen molar-refractivity contribution in [3.8, 4) is 22.6 Å². The largest absolute Gasteiger partial charge is 0.486 e. The summed E-state index contributed by atoms with van der Waals surface area (Å²) in [4.78, 5) is 11.7. The first-order valence-corrected chi connectivity index (χ1v) is 6.26. The predicted octanol–water partition coefficient (Wildman–Crippen LogP) is 3.33. The van der Waals surface area contributed by atoms with Crippen LogP contribution in [0.4, 0.5) is 0 Å². The fraction of sp³-hybridized carbons (Fsp3) is 0.188. The molecule has 0 fully saturated rings. The number of hydrogen-bond donors (Lipinski definition) is 0. The molecule has 0 N–H and O–H groups in total. The maximum Gasteiger partial charge on any atom is 0.161 e. The van der Waals surface area contributed by atoms with Crippen molar-refractivity contribution in [3.05, 3.63) is 48.0 Å². The molecule has 0 aliphatic carbocycles. The topological polar surface area (TPSA) is 35.5 Å². The second-order valence-corrected chi connectivity index (χ2v) is 4.46. The van der Waals surface area contributed by atoms with E-state index in [4.69, 9.17) is 9.47 Å². The lowest BCUT2D eigenvalue weighted by Crippen LogP contribution is -2.15. The minimum Gasteiger partial charge on any atom is -0.486 e. The van der Waals surface area contributed by atoms with Gasteiger partial charge in [0.2, 0.25) is 0 Å². The lowest BCUT2D eigenvalue weighted by Gasteiger charge is -2.19. The van der Waals surface area contributed by atoms with E-state index in [1.165, 1.54) is 0 Å². The first kappa shape index (κ1) is 11.8. The number of fused-ring (bicyclic) bond motifs is 1. The van der Waals surface area contributed by atoms with Gasteiger partial charge in [-0.3, -0.25) is 4.79 Å². The Balaban J connectivity index is 2.10. The molecule has 3 rings (SSSR count). The molecule has 0 amide bonds. The smallest absolute Gasteiger partial charge is 0.161 e. The summed E-state index contributed by atoms with van der Waals surface area (Å²) in [5.41, 5.74) is 2.61. The summed E-state index contributed by atoms with van der Waals surface area (Å²) in [6.45, 7) is 2.72. The highest BCUT2D eigenvalue weighted by atomic mass is 16.6. The summed E-state index contributed by atoms with van der Waals surface area (Å²) in [7, 11) is 0. The van der Waals surface area contributed by atoms with Crippen LogP contribution in [0.3, 0.4) is 0 Å². The van der Waals surface area contributed by atoms with E-state index in [9.17, 15) is 4.79 Å². The second kappa shape index (κ2) is 4.76. The van der Waals surface area contributed by atoms with Crippen molar-refractivity contribution in [2.45, 2.75) is 6.92 Å². The summed E-state index contributed by atoms with van der Waals surface area (Å²) >= 11 is 0. The van der Waals surface area contributed by atoms with Gasteiger partial charge in [0, 0.05) is 5.56 Å². The molecule has 0 spiro atoms. The molecule has 2 aromatic carbocycles. The molecule has 1 heterocycles. The van der Waals surface area contributed by atoms with Gasteiger partial charge in [0.05, 0.1) is 0 Å². The van der Waals surface area contributed by atoms with Crippen molar-refractivity contribution in [2.24, 2.45) is 0 Å². The third kappa shape index (κ3) is 2.19. The van der Waals surface area contributed by atoms with Crippen LogP contribution in [0.1, 0.15) is 17.3 Å². The van der Waals surface area contributed by atoms with Gasteiger partial charge in [-0.05, 0) is 30.2 Å². The van der Waals surface area contributed by atoms with E-state index in [1.807, 2.05) is 42.5 Å². The fourth-order valence-electron chi connectivity index (χ4n) is 2.25. The molecule has 0 bridgehead atoms. The standard InChI is InChI=1S/C16H14O3/c1-11(17)13-4-2-3-5-14(13)12-6-7-15-16(10-12)19-9-8-18-15/h2-7,10H,8-9H2,1H3. The fourth-order valence-corrected chi connectivity index (χ4v) is 2.25. The normalized spacial score (nSPS) is 13.1. The Morgan fingerprint density at radius 2 is 1.74 bits per heavy atom. The number of Topliss-reactive ketones (excluding diaryl/α,β-unsaturated/α-hetero) is 1. The minimum atomic E-state index is 0.0606. The molecular formula is C16H14O3. The zero-order valence-electron chi connectivity index (χ0n) is 10.7. The van der Waals surface area contributed by atoms with Gasteiger partial charge < -0.3 is 9.47 Å². The number of carbonyl (C=O) groups is 1. The first-order chi connectivity index (χ1) is 9.25. The molecule has 0 saturated carbocycles. The molecule has 0 saturated heterocycles. The number of ether oxygens (including phenoxy) is 2. The molecule has 0 aromatic heterocycles. The van der Waals surface area contributed by atoms with Crippen LogP contribution < -0.4 is 9.47 Å². The van der Waals surface area contributed by atoms with Crippen LogP contribution in [0.5, 0.6) is 11.5 Å². The van der Waals surface area contributed by atoms with Crippen molar-refractivity contribution >= 4 is 5.78 Å². The van der Waals surface area contributed by atoms with Crippen LogP contribution in [0.15, 0.2) is 42.5 Å². The predicted molar refractivity (Wildman–Crippen MR) is 72.9 cm³/mol. The van der Waals surface area contributed by atoms with E-state index in [0.717, 1.165) is 28.2 Å². The number of hydrogen-bond acceptors (Lipinski definition) is 3. The van der Waals surface area contributed by atoms with Crippen molar-refractivity contribution < 1.29 is 14.3 Å². The molecule has 3 heteroatoms. The molecule has 1 aliphatic rings. The van der Waals surface area contributed by atoms with Crippen LogP contribution in [-0.4, -0.2) is 19.0 Å². The van der Waals surface area contributed by atoms with Gasteiger partial charge in [-0.15, -0.1) is 0 Å².